The van der Waals surface area contributed by atoms with E-state index < -0.39 is 33.1 Å². The lowest BCUT2D eigenvalue weighted by Gasteiger charge is -2.47. The largest absolute Gasteiger partial charge is 0.465 e. The molecule has 0 spiro atoms. The molecular weight excluding hydrogens is 598 g/mol. The highest BCUT2D eigenvalue weighted by Gasteiger charge is 2.55. The Morgan fingerprint density at radius 1 is 1.27 bits per heavy atom. The topological polar surface area (TPSA) is 116 Å². The van der Waals surface area contributed by atoms with Crippen LogP contribution in [-0.4, -0.2) is 55.1 Å². The van der Waals surface area contributed by atoms with Crippen molar-refractivity contribution in [3.8, 4) is 0 Å². The normalized spacial score (nSPS) is 21.2. The number of likely N-dealkylation sites (tertiary alicyclic amines) is 1. The highest BCUT2D eigenvalue weighted by atomic mass is 79.9. The van der Waals surface area contributed by atoms with Crippen molar-refractivity contribution in [3.63, 3.8) is 0 Å². The molecule has 2 heterocycles. The van der Waals surface area contributed by atoms with E-state index in [0.29, 0.717) is 13.8 Å². The van der Waals surface area contributed by atoms with E-state index in [1.807, 2.05) is 20.8 Å². The summed E-state index contributed by atoms with van der Waals surface area (Å²) < 4.78 is 29.9. The zero-order valence-electron chi connectivity index (χ0n) is 18.3. The van der Waals surface area contributed by atoms with E-state index in [4.69, 9.17) is 0 Å². The molecule has 1 aromatic heterocycles. The number of nitrogens with zero attached hydrogens (tertiary/aromatic N) is 1. The molecule has 0 aliphatic carbocycles. The van der Waals surface area contributed by atoms with Crippen molar-refractivity contribution in [2.45, 2.75) is 43.7 Å². The number of rotatable bonds is 6. The molecule has 0 bridgehead atoms. The highest BCUT2D eigenvalue weighted by molar-refractivity contribution is 9.11. The number of benzene rings is 1. The van der Waals surface area contributed by atoms with E-state index in [0.717, 1.165) is 0 Å². The van der Waals surface area contributed by atoms with Gasteiger partial charge in [-0.2, -0.15) is 0 Å². The maximum atomic E-state index is 13.1. The number of halogens is 2. The van der Waals surface area contributed by atoms with Gasteiger partial charge in [0.05, 0.1) is 15.3 Å². The van der Waals surface area contributed by atoms with Gasteiger partial charge >= 0.3 is 6.09 Å². The lowest BCUT2D eigenvalue weighted by atomic mass is 9.71. The van der Waals surface area contributed by atoms with Gasteiger partial charge in [0.15, 0.2) is 0 Å². The van der Waals surface area contributed by atoms with Gasteiger partial charge in [0.1, 0.15) is 0 Å². The van der Waals surface area contributed by atoms with Crippen LogP contribution in [0.25, 0.3) is 0 Å². The summed E-state index contributed by atoms with van der Waals surface area (Å²) in [5.74, 6) is -0.291. The number of hydrogen-bond acceptors (Lipinski definition) is 5. The minimum atomic E-state index is -3.94. The van der Waals surface area contributed by atoms with Crippen molar-refractivity contribution in [2.24, 2.45) is 5.41 Å². The molecule has 1 fully saturated rings. The van der Waals surface area contributed by atoms with Gasteiger partial charge in [-0.3, -0.25) is 9.69 Å². The van der Waals surface area contributed by atoms with Crippen LogP contribution in [0.5, 0.6) is 0 Å². The Labute approximate surface area is 214 Å². The predicted octanol–water partition coefficient (Wildman–Crippen LogP) is 4.52. The molecule has 3 N–H and O–H groups in total. The number of thiophene rings is 1. The first-order chi connectivity index (χ1) is 15.3. The molecule has 0 radical (unpaired) electrons. The molecule has 2 amide bonds. The van der Waals surface area contributed by atoms with Crippen LogP contribution in [0.4, 0.5) is 4.79 Å². The van der Waals surface area contributed by atoms with Gasteiger partial charge in [-0.05, 0) is 57.4 Å². The minimum Gasteiger partial charge on any atom is -0.465 e. The summed E-state index contributed by atoms with van der Waals surface area (Å²) >= 11 is 7.85. The van der Waals surface area contributed by atoms with Crippen molar-refractivity contribution in [3.05, 3.63) is 49.5 Å². The molecule has 1 aromatic carbocycles. The van der Waals surface area contributed by atoms with Gasteiger partial charge in [0.2, 0.25) is 10.0 Å². The molecule has 12 heteroatoms. The van der Waals surface area contributed by atoms with E-state index >= 15 is 0 Å². The summed E-state index contributed by atoms with van der Waals surface area (Å²) in [5, 5.41) is 14.7. The zero-order chi connectivity index (χ0) is 24.6. The quantitative estimate of drug-likeness (QED) is 0.438. The fraction of sp³-hybridized carbons (Fsp3) is 0.429. The van der Waals surface area contributed by atoms with Crippen LogP contribution in [0.2, 0.25) is 0 Å². The third-order valence-corrected chi connectivity index (χ3v) is 9.80. The molecule has 33 heavy (non-hydrogen) atoms. The van der Waals surface area contributed by atoms with Gasteiger partial charge in [-0.25, -0.2) is 17.9 Å². The molecule has 2 aromatic rings. The average molecular weight is 623 g/mol. The summed E-state index contributed by atoms with van der Waals surface area (Å²) in [6, 6.07) is 7.61. The Morgan fingerprint density at radius 2 is 1.97 bits per heavy atom. The first-order valence-corrected chi connectivity index (χ1v) is 14.0. The van der Waals surface area contributed by atoms with E-state index in [9.17, 15) is 23.1 Å². The predicted molar refractivity (Wildman–Crippen MR) is 134 cm³/mol. The second-order valence-electron chi connectivity index (χ2n) is 8.93. The van der Waals surface area contributed by atoms with Crippen LogP contribution >= 0.6 is 43.2 Å². The molecule has 2 atom stereocenters. The average Bonchev–Trinajstić information content (AvgIpc) is 3.36. The maximum Gasteiger partial charge on any atom is 0.407 e. The highest BCUT2D eigenvalue weighted by Crippen LogP contribution is 2.44. The Bertz CT molecular complexity index is 1150. The van der Waals surface area contributed by atoms with Crippen molar-refractivity contribution in [1.29, 1.82) is 0 Å². The molecule has 3 rings (SSSR count). The molecule has 1 saturated heterocycles. The molecule has 8 nitrogen and oxygen atoms in total. The van der Waals surface area contributed by atoms with Gasteiger partial charge in [-0.15, -0.1) is 11.3 Å². The van der Waals surface area contributed by atoms with Crippen LogP contribution in [-0.2, 0) is 10.0 Å². The molecule has 180 valence electrons. The first-order valence-electron chi connectivity index (χ1n) is 10.1. The summed E-state index contributed by atoms with van der Waals surface area (Å²) in [6.07, 6.45) is -0.959. The third kappa shape index (κ3) is 5.45. The summed E-state index contributed by atoms with van der Waals surface area (Å²) in [6.45, 7) is 5.69. The van der Waals surface area contributed by atoms with Crippen molar-refractivity contribution in [1.82, 2.24) is 14.9 Å². The third-order valence-electron chi connectivity index (χ3n) is 5.92. The molecule has 1 aliphatic rings. The fourth-order valence-corrected chi connectivity index (χ4v) is 7.52. The zero-order valence-corrected chi connectivity index (χ0v) is 23.1. The van der Waals surface area contributed by atoms with Crippen LogP contribution in [0.1, 0.15) is 36.9 Å². The number of carbonyl (C=O) groups is 2. The summed E-state index contributed by atoms with van der Waals surface area (Å²) in [7, 11) is -3.94. The van der Waals surface area contributed by atoms with Crippen molar-refractivity contribution in [2.75, 3.05) is 13.1 Å². The number of carbonyl (C=O) groups excluding carboxylic acids is 1. The van der Waals surface area contributed by atoms with Gasteiger partial charge in [-0.1, -0.05) is 42.8 Å². The lowest BCUT2D eigenvalue weighted by Crippen LogP contribution is -2.61. The van der Waals surface area contributed by atoms with E-state index in [-0.39, 0.29) is 30.3 Å². The van der Waals surface area contributed by atoms with Crippen molar-refractivity contribution < 1.29 is 23.1 Å². The number of amides is 2. The van der Waals surface area contributed by atoms with Gasteiger partial charge in [0.25, 0.3) is 5.91 Å². The molecule has 1 aliphatic heterocycles. The smallest absolute Gasteiger partial charge is 0.407 e. The summed E-state index contributed by atoms with van der Waals surface area (Å²) in [5.41, 5.74) is -1.61. The van der Waals surface area contributed by atoms with Crippen LogP contribution in [0.3, 0.4) is 0 Å². The Balaban J connectivity index is 1.90. The maximum absolute atomic E-state index is 13.1. The lowest BCUT2D eigenvalue weighted by molar-refractivity contribution is 0.0300. The number of carboxylic acid groups (broad SMARTS) is 1. The second kappa shape index (κ2) is 9.65. The fourth-order valence-electron chi connectivity index (χ4n) is 4.15. The molecular formula is C21H25Br2N3O5S2. The standard InChI is InChI=1S/C21H25Br2N3O5S2/c1-20(2,3)21(12-24-18(27)16-5-4-8-32-16)10-14(11-26(21)19(28)29)25-33(30,31)17-9-13(22)6-7-15(17)23/h4-9,14,25H,10-12H2,1-3H3,(H,24,27)(H,28,29)/t14-,21+/m1/s1. The SMILES string of the molecule is CC(C)(C)[C@@]1(CNC(=O)c2cccs2)C[C@@H](NS(=O)(=O)c2cc(Br)ccc2Br)CN1C(=O)O. The number of nitrogens with one attached hydrogen (secondary N) is 2. The Kier molecular flexibility index (Phi) is 7.64. The van der Waals surface area contributed by atoms with E-state index in [2.05, 4.69) is 41.9 Å². The van der Waals surface area contributed by atoms with Crippen LogP contribution in [0, 0.1) is 5.41 Å². The van der Waals surface area contributed by atoms with Crippen LogP contribution in [0.15, 0.2) is 49.6 Å². The second-order valence-corrected chi connectivity index (χ2v) is 13.3. The number of sulfonamides is 1. The van der Waals surface area contributed by atoms with Crippen LogP contribution < -0.4 is 10.0 Å². The summed E-state index contributed by atoms with van der Waals surface area (Å²) in [4.78, 5) is 26.7. The van der Waals surface area contributed by atoms with E-state index in [1.54, 1.807) is 29.6 Å². The van der Waals surface area contributed by atoms with Crippen molar-refractivity contribution >= 4 is 65.2 Å². The Morgan fingerprint density at radius 3 is 2.55 bits per heavy atom. The van der Waals surface area contributed by atoms with E-state index in [1.165, 1.54) is 22.3 Å². The number of hydrogen-bond donors (Lipinski definition) is 3. The van der Waals surface area contributed by atoms with Gasteiger partial charge < -0.3 is 10.4 Å². The van der Waals surface area contributed by atoms with Gasteiger partial charge in [0, 0.05) is 28.1 Å². The molecule has 0 saturated carbocycles. The first kappa shape index (κ1) is 26.1. The molecule has 0 unspecified atom stereocenters. The minimum absolute atomic E-state index is 0.0354. The monoisotopic (exact) mass is 621 g/mol. The Hall–Kier alpha value is -1.47.